The molecular weight excluding hydrogens is 508 g/mol. The van der Waals surface area contributed by atoms with Gasteiger partial charge in [-0.05, 0) is 63.6 Å². The molecule has 1 aromatic carbocycles. The fourth-order valence-corrected chi connectivity index (χ4v) is 3.20. The summed E-state index contributed by atoms with van der Waals surface area (Å²) in [6.45, 7) is 9.27. The lowest BCUT2D eigenvalue weighted by atomic mass is 10.3. The SMILES string of the molecule is CCNC(=NCCCn1nc(C)cc1C)NCCc1ccn(-c2ccc(F)cc2)n1.I. The standard InChI is InChI=1S/C22H30FN7.HI/c1-4-24-22(25-12-5-14-29-18(3)16-17(2)27-29)26-13-10-20-11-15-30(28-20)21-8-6-19(23)7-9-21;/h6-9,11,15-16H,4-5,10,12-14H2,1-3H3,(H2,24,25,26);1H. The molecule has 7 nitrogen and oxygen atoms in total. The summed E-state index contributed by atoms with van der Waals surface area (Å²) in [7, 11) is 0. The van der Waals surface area contributed by atoms with Gasteiger partial charge in [0.25, 0.3) is 0 Å². The van der Waals surface area contributed by atoms with Crippen molar-refractivity contribution >= 4 is 29.9 Å². The van der Waals surface area contributed by atoms with Crippen LogP contribution in [-0.4, -0.2) is 45.2 Å². The molecule has 2 aromatic heterocycles. The largest absolute Gasteiger partial charge is 0.357 e. The van der Waals surface area contributed by atoms with Crippen molar-refractivity contribution in [3.05, 3.63) is 65.5 Å². The van der Waals surface area contributed by atoms with Gasteiger partial charge in [0.05, 0.1) is 17.1 Å². The summed E-state index contributed by atoms with van der Waals surface area (Å²) < 4.78 is 16.9. The Morgan fingerprint density at radius 1 is 1.10 bits per heavy atom. The maximum atomic E-state index is 13.1. The molecule has 0 aliphatic rings. The third-order valence-electron chi connectivity index (χ3n) is 4.65. The van der Waals surface area contributed by atoms with E-state index in [1.165, 1.54) is 17.8 Å². The number of hydrogen-bond acceptors (Lipinski definition) is 3. The lowest BCUT2D eigenvalue weighted by Crippen LogP contribution is -2.38. The first-order valence-electron chi connectivity index (χ1n) is 10.4. The third-order valence-corrected chi connectivity index (χ3v) is 4.65. The average molecular weight is 539 g/mol. The number of rotatable bonds is 9. The summed E-state index contributed by atoms with van der Waals surface area (Å²) in [5, 5.41) is 15.7. The number of hydrogen-bond donors (Lipinski definition) is 2. The zero-order valence-electron chi connectivity index (χ0n) is 18.3. The minimum Gasteiger partial charge on any atom is -0.357 e. The highest BCUT2D eigenvalue weighted by Gasteiger charge is 2.04. The highest BCUT2D eigenvalue weighted by molar-refractivity contribution is 14.0. The zero-order chi connectivity index (χ0) is 21.3. The van der Waals surface area contributed by atoms with Gasteiger partial charge in [0.15, 0.2) is 5.96 Å². The van der Waals surface area contributed by atoms with E-state index in [1.807, 2.05) is 23.9 Å². The van der Waals surface area contributed by atoms with Gasteiger partial charge >= 0.3 is 0 Å². The molecule has 0 aliphatic heterocycles. The van der Waals surface area contributed by atoms with Crippen molar-refractivity contribution in [2.45, 2.75) is 40.2 Å². The molecule has 0 bridgehead atoms. The normalized spacial score (nSPS) is 11.3. The second-order valence-corrected chi connectivity index (χ2v) is 7.17. The molecule has 0 radical (unpaired) electrons. The van der Waals surface area contributed by atoms with E-state index in [9.17, 15) is 4.39 Å². The van der Waals surface area contributed by atoms with Gasteiger partial charge in [-0.1, -0.05) is 0 Å². The summed E-state index contributed by atoms with van der Waals surface area (Å²) in [4.78, 5) is 4.65. The van der Waals surface area contributed by atoms with Crippen LogP contribution in [0.15, 0.2) is 47.6 Å². The Labute approximate surface area is 200 Å². The van der Waals surface area contributed by atoms with Crippen LogP contribution >= 0.6 is 24.0 Å². The third kappa shape index (κ3) is 7.64. The van der Waals surface area contributed by atoms with Gasteiger partial charge in [-0.25, -0.2) is 9.07 Å². The number of nitrogens with zero attached hydrogens (tertiary/aromatic N) is 5. The Morgan fingerprint density at radius 2 is 1.87 bits per heavy atom. The molecule has 3 aromatic rings. The fraction of sp³-hybridized carbons (Fsp3) is 0.409. The lowest BCUT2D eigenvalue weighted by Gasteiger charge is -2.11. The number of guanidine groups is 1. The smallest absolute Gasteiger partial charge is 0.191 e. The maximum Gasteiger partial charge on any atom is 0.191 e. The van der Waals surface area contributed by atoms with Crippen LogP contribution in [0.5, 0.6) is 0 Å². The van der Waals surface area contributed by atoms with Crippen LogP contribution in [0.3, 0.4) is 0 Å². The van der Waals surface area contributed by atoms with Gasteiger partial charge in [0, 0.05) is 44.5 Å². The quantitative estimate of drug-likeness (QED) is 0.189. The summed E-state index contributed by atoms with van der Waals surface area (Å²) in [5.41, 5.74) is 4.04. The molecule has 0 aliphatic carbocycles. The van der Waals surface area contributed by atoms with Crippen molar-refractivity contribution in [1.82, 2.24) is 30.2 Å². The summed E-state index contributed by atoms with van der Waals surface area (Å²) in [6, 6.07) is 10.4. The second kappa shape index (κ2) is 12.4. The first-order valence-corrected chi connectivity index (χ1v) is 10.4. The summed E-state index contributed by atoms with van der Waals surface area (Å²) in [6.07, 6.45) is 3.59. The summed E-state index contributed by atoms with van der Waals surface area (Å²) >= 11 is 0. The van der Waals surface area contributed by atoms with Crippen molar-refractivity contribution in [1.29, 1.82) is 0 Å². The van der Waals surface area contributed by atoms with E-state index in [0.717, 1.165) is 62.1 Å². The summed E-state index contributed by atoms with van der Waals surface area (Å²) in [5.74, 6) is 0.560. The van der Waals surface area contributed by atoms with E-state index < -0.39 is 0 Å². The number of benzene rings is 1. The molecule has 2 heterocycles. The Kier molecular flexibility index (Phi) is 9.96. The van der Waals surface area contributed by atoms with Gasteiger partial charge in [0.2, 0.25) is 0 Å². The van der Waals surface area contributed by atoms with E-state index in [2.05, 4.69) is 45.7 Å². The number of aliphatic imine (C=N–C) groups is 1. The number of halogens is 2. The molecule has 2 N–H and O–H groups in total. The van der Waals surface area contributed by atoms with E-state index in [4.69, 9.17) is 0 Å². The van der Waals surface area contributed by atoms with Gasteiger partial charge in [-0.2, -0.15) is 10.2 Å². The van der Waals surface area contributed by atoms with Crippen LogP contribution in [0.25, 0.3) is 5.69 Å². The molecule has 0 atom stereocenters. The Balaban J connectivity index is 0.00000341. The van der Waals surface area contributed by atoms with Crippen molar-refractivity contribution in [3.63, 3.8) is 0 Å². The molecular formula is C22H31FIN7. The first kappa shape index (κ1) is 24.8. The topological polar surface area (TPSA) is 72.1 Å². The predicted octanol–water partition coefficient (Wildman–Crippen LogP) is 3.63. The zero-order valence-corrected chi connectivity index (χ0v) is 20.6. The van der Waals surface area contributed by atoms with E-state index in [-0.39, 0.29) is 29.8 Å². The highest BCUT2D eigenvalue weighted by Crippen LogP contribution is 2.09. The molecule has 168 valence electrons. The molecule has 9 heteroatoms. The molecule has 3 rings (SSSR count). The predicted molar refractivity (Wildman–Crippen MR) is 133 cm³/mol. The second-order valence-electron chi connectivity index (χ2n) is 7.17. The van der Waals surface area contributed by atoms with Crippen LogP contribution in [0.4, 0.5) is 4.39 Å². The molecule has 0 amide bonds. The Morgan fingerprint density at radius 3 is 2.55 bits per heavy atom. The first-order chi connectivity index (χ1) is 14.5. The van der Waals surface area contributed by atoms with Gasteiger partial charge in [-0.3, -0.25) is 9.67 Å². The number of aryl methyl sites for hydroxylation is 3. The minimum atomic E-state index is -0.250. The Bertz CT molecular complexity index is 963. The van der Waals surface area contributed by atoms with Gasteiger partial charge < -0.3 is 10.6 Å². The van der Waals surface area contributed by atoms with Crippen molar-refractivity contribution in [2.24, 2.45) is 4.99 Å². The molecule has 0 unspecified atom stereocenters. The number of nitrogens with one attached hydrogen (secondary N) is 2. The van der Waals surface area contributed by atoms with Gasteiger partial charge in [-0.15, -0.1) is 24.0 Å². The van der Waals surface area contributed by atoms with E-state index in [1.54, 1.807) is 16.8 Å². The van der Waals surface area contributed by atoms with Crippen molar-refractivity contribution in [2.75, 3.05) is 19.6 Å². The molecule has 0 spiro atoms. The van der Waals surface area contributed by atoms with E-state index in [0.29, 0.717) is 0 Å². The molecule has 0 saturated carbocycles. The molecule has 0 fully saturated rings. The average Bonchev–Trinajstić information content (AvgIpc) is 3.31. The van der Waals surface area contributed by atoms with Gasteiger partial charge in [0.1, 0.15) is 5.82 Å². The molecule has 31 heavy (non-hydrogen) atoms. The monoisotopic (exact) mass is 539 g/mol. The van der Waals surface area contributed by atoms with Crippen LogP contribution in [0.2, 0.25) is 0 Å². The van der Waals surface area contributed by atoms with Crippen molar-refractivity contribution < 1.29 is 4.39 Å². The van der Waals surface area contributed by atoms with Crippen LogP contribution in [-0.2, 0) is 13.0 Å². The van der Waals surface area contributed by atoms with Crippen LogP contribution < -0.4 is 10.6 Å². The van der Waals surface area contributed by atoms with E-state index >= 15 is 0 Å². The lowest BCUT2D eigenvalue weighted by molar-refractivity contribution is 0.567. The minimum absolute atomic E-state index is 0. The number of aromatic nitrogens is 4. The van der Waals surface area contributed by atoms with Crippen molar-refractivity contribution in [3.8, 4) is 5.69 Å². The maximum absolute atomic E-state index is 13.1. The van der Waals surface area contributed by atoms with Crippen LogP contribution in [0.1, 0.15) is 30.4 Å². The highest BCUT2D eigenvalue weighted by atomic mass is 127. The van der Waals surface area contributed by atoms with Crippen LogP contribution in [0, 0.1) is 19.7 Å². The fourth-order valence-electron chi connectivity index (χ4n) is 3.20. The Hall–Kier alpha value is -2.43. The molecule has 0 saturated heterocycles.